The van der Waals surface area contributed by atoms with Crippen LogP contribution in [0.4, 0.5) is 11.5 Å². The minimum absolute atomic E-state index is 0.111. The van der Waals surface area contributed by atoms with Gasteiger partial charge in [0.05, 0.1) is 23.4 Å². The second-order valence-corrected chi connectivity index (χ2v) is 6.47. The number of anilines is 2. The van der Waals surface area contributed by atoms with Crippen LogP contribution in [-0.2, 0) is 11.3 Å². The molecule has 2 aromatic carbocycles. The number of rotatable bonds is 7. The van der Waals surface area contributed by atoms with E-state index in [0.717, 1.165) is 5.56 Å². The Kier molecular flexibility index (Phi) is 6.58. The number of carbonyl (C=O) groups excluding carboxylic acids is 2. The van der Waals surface area contributed by atoms with Crippen LogP contribution in [-0.4, -0.2) is 35.4 Å². The fraction of sp³-hybridized carbons (Fsp3) is 0.174. The van der Waals surface area contributed by atoms with Crippen LogP contribution in [0.25, 0.3) is 0 Å². The summed E-state index contributed by atoms with van der Waals surface area (Å²) in [5.74, 6) is 0.0220. The molecule has 0 saturated heterocycles. The molecular formula is C23H23N3O3. The molecule has 0 unspecified atom stereocenters. The van der Waals surface area contributed by atoms with Crippen LogP contribution in [0.2, 0.25) is 0 Å². The third-order valence-electron chi connectivity index (χ3n) is 4.30. The number of aromatic nitrogens is 1. The van der Waals surface area contributed by atoms with E-state index in [-0.39, 0.29) is 5.91 Å². The zero-order valence-corrected chi connectivity index (χ0v) is 16.5. The summed E-state index contributed by atoms with van der Waals surface area (Å²) in [5, 5.41) is 3.11. The largest absolute Gasteiger partial charge is 0.462 e. The normalized spacial score (nSPS) is 10.3. The average molecular weight is 389 g/mol. The topological polar surface area (TPSA) is 71.5 Å². The molecule has 1 amide bonds. The number of benzene rings is 2. The molecule has 3 rings (SSSR count). The summed E-state index contributed by atoms with van der Waals surface area (Å²) in [5.41, 5.74) is 2.58. The zero-order chi connectivity index (χ0) is 20.6. The lowest BCUT2D eigenvalue weighted by molar-refractivity contribution is 0.0527. The van der Waals surface area contributed by atoms with Gasteiger partial charge in [0.2, 0.25) is 0 Å². The van der Waals surface area contributed by atoms with Gasteiger partial charge in [0.15, 0.2) is 0 Å². The summed E-state index contributed by atoms with van der Waals surface area (Å²) in [4.78, 5) is 30.7. The lowest BCUT2D eigenvalue weighted by atomic mass is 10.1. The Morgan fingerprint density at radius 1 is 1.00 bits per heavy atom. The lowest BCUT2D eigenvalue weighted by Crippen LogP contribution is -2.26. The van der Waals surface area contributed by atoms with Gasteiger partial charge in [0.1, 0.15) is 5.82 Å². The van der Waals surface area contributed by atoms with Crippen LogP contribution in [0, 0.1) is 0 Å². The summed E-state index contributed by atoms with van der Waals surface area (Å²) in [6.07, 6.45) is 1.53. The van der Waals surface area contributed by atoms with Crippen LogP contribution in [0.1, 0.15) is 33.2 Å². The quantitative estimate of drug-likeness (QED) is 0.611. The van der Waals surface area contributed by atoms with Gasteiger partial charge >= 0.3 is 5.97 Å². The van der Waals surface area contributed by atoms with Crippen LogP contribution in [0.5, 0.6) is 0 Å². The van der Waals surface area contributed by atoms with Crippen LogP contribution >= 0.6 is 0 Å². The predicted octanol–water partition coefficient (Wildman–Crippen LogP) is 4.27. The van der Waals surface area contributed by atoms with E-state index in [1.807, 2.05) is 36.4 Å². The Bertz CT molecular complexity index is 972. The molecule has 0 radical (unpaired) electrons. The Hall–Kier alpha value is -3.67. The van der Waals surface area contributed by atoms with Gasteiger partial charge < -0.3 is 15.0 Å². The number of hydrogen-bond donors (Lipinski definition) is 1. The highest BCUT2D eigenvalue weighted by Gasteiger charge is 2.14. The van der Waals surface area contributed by atoms with E-state index >= 15 is 0 Å². The highest BCUT2D eigenvalue weighted by molar-refractivity contribution is 5.96. The zero-order valence-electron chi connectivity index (χ0n) is 16.5. The fourth-order valence-electron chi connectivity index (χ4n) is 2.86. The van der Waals surface area contributed by atoms with Gasteiger partial charge in [-0.3, -0.25) is 4.79 Å². The van der Waals surface area contributed by atoms with Crippen molar-refractivity contribution in [2.75, 3.05) is 19.0 Å². The molecule has 1 heterocycles. The van der Waals surface area contributed by atoms with Crippen molar-refractivity contribution in [3.63, 3.8) is 0 Å². The summed E-state index contributed by atoms with van der Waals surface area (Å²) in [7, 11) is 1.76. The molecule has 6 nitrogen and oxygen atoms in total. The highest BCUT2D eigenvalue weighted by Crippen LogP contribution is 2.21. The van der Waals surface area contributed by atoms with E-state index in [9.17, 15) is 9.59 Å². The maximum absolute atomic E-state index is 12.6. The van der Waals surface area contributed by atoms with E-state index in [4.69, 9.17) is 4.74 Å². The molecule has 0 saturated carbocycles. The Morgan fingerprint density at radius 3 is 2.41 bits per heavy atom. The van der Waals surface area contributed by atoms with Gasteiger partial charge in [-0.15, -0.1) is 0 Å². The minimum Gasteiger partial charge on any atom is -0.462 e. The van der Waals surface area contributed by atoms with Gasteiger partial charge in [-0.25, -0.2) is 9.78 Å². The molecule has 1 N–H and O–H groups in total. The number of ether oxygens (including phenoxy) is 1. The fourth-order valence-corrected chi connectivity index (χ4v) is 2.86. The first-order valence-corrected chi connectivity index (χ1v) is 9.37. The minimum atomic E-state index is -0.398. The molecule has 0 aliphatic rings. The SMILES string of the molecule is CCOC(=O)c1ccccc1Nc1ccc(C(=O)N(C)Cc2ccccc2)cn1. The second kappa shape index (κ2) is 9.50. The molecule has 148 valence electrons. The van der Waals surface area contributed by atoms with Crippen LogP contribution in [0.3, 0.4) is 0 Å². The maximum atomic E-state index is 12.6. The van der Waals surface area contributed by atoms with Crippen molar-refractivity contribution in [1.82, 2.24) is 9.88 Å². The molecule has 29 heavy (non-hydrogen) atoms. The molecule has 0 atom stereocenters. The third-order valence-corrected chi connectivity index (χ3v) is 4.30. The van der Waals surface area contributed by atoms with E-state index in [1.54, 1.807) is 49.2 Å². The van der Waals surface area contributed by atoms with Gasteiger partial charge in [0, 0.05) is 19.8 Å². The van der Waals surface area contributed by atoms with Crippen LogP contribution in [0.15, 0.2) is 72.9 Å². The van der Waals surface area contributed by atoms with Crippen molar-refractivity contribution < 1.29 is 14.3 Å². The molecule has 0 aliphatic heterocycles. The smallest absolute Gasteiger partial charge is 0.340 e. The average Bonchev–Trinajstić information content (AvgIpc) is 2.75. The number of nitrogens with one attached hydrogen (secondary N) is 1. The monoisotopic (exact) mass is 389 g/mol. The Morgan fingerprint density at radius 2 is 1.72 bits per heavy atom. The summed E-state index contributed by atoms with van der Waals surface area (Å²) in [6, 6.07) is 20.3. The Balaban J connectivity index is 1.69. The van der Waals surface area contributed by atoms with Crippen molar-refractivity contribution in [3.8, 4) is 0 Å². The molecule has 0 fully saturated rings. The Labute approximate surface area is 170 Å². The number of nitrogens with zero attached hydrogens (tertiary/aromatic N) is 2. The third kappa shape index (κ3) is 5.19. The van der Waals surface area contributed by atoms with Crippen molar-refractivity contribution in [1.29, 1.82) is 0 Å². The molecule has 6 heteroatoms. The van der Waals surface area contributed by atoms with Gasteiger partial charge in [-0.05, 0) is 36.8 Å². The number of hydrogen-bond acceptors (Lipinski definition) is 5. The van der Waals surface area contributed by atoms with Gasteiger partial charge in [0.25, 0.3) is 5.91 Å². The second-order valence-electron chi connectivity index (χ2n) is 6.47. The predicted molar refractivity (Wildman–Crippen MR) is 112 cm³/mol. The maximum Gasteiger partial charge on any atom is 0.340 e. The van der Waals surface area contributed by atoms with E-state index < -0.39 is 5.97 Å². The van der Waals surface area contributed by atoms with Crippen molar-refractivity contribution in [2.45, 2.75) is 13.5 Å². The number of amides is 1. The summed E-state index contributed by atoms with van der Waals surface area (Å²) in [6.45, 7) is 2.59. The molecular weight excluding hydrogens is 366 g/mol. The van der Waals surface area contributed by atoms with Gasteiger partial charge in [-0.1, -0.05) is 42.5 Å². The first-order valence-electron chi connectivity index (χ1n) is 9.37. The molecule has 0 aliphatic carbocycles. The van der Waals surface area contributed by atoms with Crippen molar-refractivity contribution in [3.05, 3.63) is 89.6 Å². The lowest BCUT2D eigenvalue weighted by Gasteiger charge is -2.17. The first kappa shape index (κ1) is 20.1. The number of pyridine rings is 1. The number of carbonyl (C=O) groups is 2. The number of esters is 1. The molecule has 0 bridgehead atoms. The number of para-hydroxylation sites is 1. The molecule has 0 spiro atoms. The van der Waals surface area contributed by atoms with Gasteiger partial charge in [-0.2, -0.15) is 0 Å². The highest BCUT2D eigenvalue weighted by atomic mass is 16.5. The molecule has 3 aromatic rings. The van der Waals surface area contributed by atoms with E-state index in [0.29, 0.717) is 35.8 Å². The van der Waals surface area contributed by atoms with Crippen molar-refractivity contribution >= 4 is 23.4 Å². The molecule has 1 aromatic heterocycles. The van der Waals surface area contributed by atoms with E-state index in [2.05, 4.69) is 10.3 Å². The summed E-state index contributed by atoms with van der Waals surface area (Å²) < 4.78 is 5.08. The van der Waals surface area contributed by atoms with E-state index in [1.165, 1.54) is 6.20 Å². The summed E-state index contributed by atoms with van der Waals surface area (Å²) >= 11 is 0. The van der Waals surface area contributed by atoms with Crippen LogP contribution < -0.4 is 5.32 Å². The standard InChI is InChI=1S/C23H23N3O3/c1-3-29-23(28)19-11-7-8-12-20(19)25-21-14-13-18(15-24-21)22(27)26(2)16-17-9-5-4-6-10-17/h4-15H,3,16H2,1-2H3,(H,24,25). The first-order chi connectivity index (χ1) is 14.1. The van der Waals surface area contributed by atoms with Crippen molar-refractivity contribution in [2.24, 2.45) is 0 Å².